The summed E-state index contributed by atoms with van der Waals surface area (Å²) in [5.41, 5.74) is 2.26. The van der Waals surface area contributed by atoms with E-state index in [1.807, 2.05) is 39.0 Å². The fraction of sp³-hybridized carbons (Fsp3) is 0.700. The van der Waals surface area contributed by atoms with Gasteiger partial charge in [0.25, 0.3) is 0 Å². The minimum absolute atomic E-state index is 0.130. The first-order chi connectivity index (χ1) is 17.8. The van der Waals surface area contributed by atoms with E-state index in [0.29, 0.717) is 6.04 Å². The summed E-state index contributed by atoms with van der Waals surface area (Å²) in [5.74, 6) is 1.39. The van der Waals surface area contributed by atoms with Gasteiger partial charge in [0.15, 0.2) is 0 Å². The molecule has 0 amide bonds. The van der Waals surface area contributed by atoms with Crippen molar-refractivity contribution >= 4 is 26.9 Å². The summed E-state index contributed by atoms with van der Waals surface area (Å²) < 4.78 is 34.8. The van der Waals surface area contributed by atoms with E-state index in [1.165, 1.54) is 31.9 Å². The number of aromatic nitrogens is 1. The maximum Gasteiger partial charge on any atom is 0.311 e. The smallest absolute Gasteiger partial charge is 0.311 e. The summed E-state index contributed by atoms with van der Waals surface area (Å²) in [4.78, 5) is 15.4. The van der Waals surface area contributed by atoms with E-state index in [0.717, 1.165) is 59.9 Å². The van der Waals surface area contributed by atoms with Crippen molar-refractivity contribution in [1.29, 1.82) is 0 Å². The Kier molecular flexibility index (Phi) is 8.95. The highest BCUT2D eigenvalue weighted by Gasteiger charge is 2.32. The van der Waals surface area contributed by atoms with Crippen LogP contribution in [0.5, 0.6) is 0 Å². The van der Waals surface area contributed by atoms with E-state index < -0.39 is 15.4 Å². The summed E-state index contributed by atoms with van der Waals surface area (Å²) >= 11 is 0. The molecule has 2 aromatic rings. The van der Waals surface area contributed by atoms with Crippen LogP contribution >= 0.6 is 0 Å². The molecule has 7 nitrogen and oxygen atoms in total. The number of rotatable bonds is 8. The Morgan fingerprint density at radius 2 is 1.66 bits per heavy atom. The Balaban J connectivity index is 1.59. The van der Waals surface area contributed by atoms with Crippen molar-refractivity contribution in [3.8, 4) is 0 Å². The Morgan fingerprint density at radius 1 is 1.03 bits per heavy atom. The summed E-state index contributed by atoms with van der Waals surface area (Å²) in [7, 11) is -3.38. The van der Waals surface area contributed by atoms with Crippen LogP contribution in [0.3, 0.4) is 0 Å². The molecule has 2 fully saturated rings. The van der Waals surface area contributed by atoms with Gasteiger partial charge >= 0.3 is 5.97 Å². The standard InChI is InChI=1S/C30H47N3O4S/c1-21(2)22-11-13-23(14-12-22)32-17-15-24(16-18-32)33-27-10-8-7-9-25(27)26(19-31-38(6,35)36)28(33)20-37-29(34)30(3,4)5/h7-10,21-24,31H,11-20H2,1-6H3/t22-,23+. The molecule has 1 aromatic carbocycles. The summed E-state index contributed by atoms with van der Waals surface area (Å²) in [6.07, 6.45) is 8.51. The maximum absolute atomic E-state index is 12.7. The van der Waals surface area contributed by atoms with Crippen molar-refractivity contribution in [3.63, 3.8) is 0 Å². The van der Waals surface area contributed by atoms with Gasteiger partial charge in [-0.1, -0.05) is 32.0 Å². The van der Waals surface area contributed by atoms with Crippen molar-refractivity contribution in [1.82, 2.24) is 14.2 Å². The molecule has 1 N–H and O–H groups in total. The third-order valence-corrected chi connectivity index (χ3v) is 9.32. The monoisotopic (exact) mass is 545 g/mol. The van der Waals surface area contributed by atoms with E-state index in [9.17, 15) is 13.2 Å². The third-order valence-electron chi connectivity index (χ3n) is 8.66. The van der Waals surface area contributed by atoms with Crippen LogP contribution in [0.1, 0.15) is 90.4 Å². The molecule has 2 aliphatic rings. The predicted octanol–water partition coefficient (Wildman–Crippen LogP) is 5.63. The van der Waals surface area contributed by atoms with Crippen molar-refractivity contribution in [2.45, 2.75) is 98.4 Å². The molecule has 2 heterocycles. The SMILES string of the molecule is CC(C)[C@H]1CC[C@@H](N2CCC(n3c(COC(=O)C(C)(C)C)c(CNS(C)(=O)=O)c4ccccc43)CC2)CC1. The fourth-order valence-electron chi connectivity index (χ4n) is 6.35. The lowest BCUT2D eigenvalue weighted by Gasteiger charge is -2.42. The molecular formula is C30H47N3O4S. The first-order valence-corrected chi connectivity index (χ1v) is 16.2. The van der Waals surface area contributed by atoms with E-state index in [2.05, 4.69) is 34.1 Å². The lowest BCUT2D eigenvalue weighted by molar-refractivity contribution is -0.154. The van der Waals surface area contributed by atoms with Gasteiger partial charge in [0.1, 0.15) is 6.61 Å². The van der Waals surface area contributed by atoms with Gasteiger partial charge in [-0.2, -0.15) is 0 Å². The molecule has 0 radical (unpaired) electrons. The minimum atomic E-state index is -3.38. The number of carbonyl (C=O) groups excluding carboxylic acids is 1. The van der Waals surface area contributed by atoms with Crippen LogP contribution < -0.4 is 4.72 Å². The number of fused-ring (bicyclic) bond motifs is 1. The minimum Gasteiger partial charge on any atom is -0.459 e. The Bertz CT molecular complexity index is 1210. The van der Waals surface area contributed by atoms with Gasteiger partial charge < -0.3 is 14.2 Å². The third kappa shape index (κ3) is 6.80. The van der Waals surface area contributed by atoms with Crippen molar-refractivity contribution in [3.05, 3.63) is 35.5 Å². The zero-order valence-electron chi connectivity index (χ0n) is 24.1. The van der Waals surface area contributed by atoms with E-state index in [4.69, 9.17) is 4.74 Å². The molecule has 8 heteroatoms. The molecule has 1 aliphatic carbocycles. The highest BCUT2D eigenvalue weighted by molar-refractivity contribution is 7.88. The Hall–Kier alpha value is -1.90. The number of esters is 1. The van der Waals surface area contributed by atoms with Gasteiger partial charge in [0, 0.05) is 42.6 Å². The lowest BCUT2D eigenvalue weighted by Crippen LogP contribution is -2.44. The molecule has 0 atom stereocenters. The van der Waals surface area contributed by atoms with Gasteiger partial charge in [-0.3, -0.25) is 4.79 Å². The molecule has 0 spiro atoms. The van der Waals surface area contributed by atoms with Crippen LogP contribution in [0.25, 0.3) is 10.9 Å². The number of benzene rings is 1. The fourth-order valence-corrected chi connectivity index (χ4v) is 6.76. The van der Waals surface area contributed by atoms with Gasteiger partial charge in [0.2, 0.25) is 10.0 Å². The molecule has 1 saturated carbocycles. The van der Waals surface area contributed by atoms with E-state index >= 15 is 0 Å². The number of nitrogens with one attached hydrogen (secondary N) is 1. The molecule has 38 heavy (non-hydrogen) atoms. The molecule has 1 aromatic heterocycles. The summed E-state index contributed by atoms with van der Waals surface area (Å²) in [6.45, 7) is 12.7. The summed E-state index contributed by atoms with van der Waals surface area (Å²) in [5, 5.41) is 1.01. The van der Waals surface area contributed by atoms with E-state index in [1.54, 1.807) is 0 Å². The molecule has 212 valence electrons. The lowest BCUT2D eigenvalue weighted by atomic mass is 9.79. The maximum atomic E-state index is 12.7. The van der Waals surface area contributed by atoms with Crippen LogP contribution in [0.15, 0.2) is 24.3 Å². The average molecular weight is 546 g/mol. The van der Waals surface area contributed by atoms with Crippen LogP contribution in [0, 0.1) is 17.3 Å². The number of hydrogen-bond donors (Lipinski definition) is 1. The van der Waals surface area contributed by atoms with Crippen LogP contribution in [-0.2, 0) is 32.7 Å². The number of para-hydroxylation sites is 1. The highest BCUT2D eigenvalue weighted by Crippen LogP contribution is 2.38. The van der Waals surface area contributed by atoms with E-state index in [-0.39, 0.29) is 25.2 Å². The zero-order chi connectivity index (χ0) is 27.7. The predicted molar refractivity (Wildman–Crippen MR) is 153 cm³/mol. The van der Waals surface area contributed by atoms with Gasteiger partial charge in [-0.25, -0.2) is 13.1 Å². The number of carbonyl (C=O) groups is 1. The second-order valence-corrected chi connectivity index (χ2v) is 14.6. The number of sulfonamides is 1. The summed E-state index contributed by atoms with van der Waals surface area (Å²) in [6, 6.07) is 9.13. The number of nitrogens with zero attached hydrogens (tertiary/aromatic N) is 2. The average Bonchev–Trinajstić information content (AvgIpc) is 3.18. The molecule has 1 saturated heterocycles. The van der Waals surface area contributed by atoms with Gasteiger partial charge in [-0.05, 0) is 82.8 Å². The Labute approximate surface area is 229 Å². The zero-order valence-corrected chi connectivity index (χ0v) is 24.9. The molecule has 0 bridgehead atoms. The molecular weight excluding hydrogens is 498 g/mol. The first kappa shape index (κ1) is 29.1. The first-order valence-electron chi connectivity index (χ1n) is 14.3. The molecule has 1 aliphatic heterocycles. The number of piperidine rings is 1. The van der Waals surface area contributed by atoms with Gasteiger partial charge in [0.05, 0.1) is 17.4 Å². The topological polar surface area (TPSA) is 80.6 Å². The molecule has 0 unspecified atom stereocenters. The van der Waals surface area contributed by atoms with Crippen LogP contribution in [0.4, 0.5) is 0 Å². The van der Waals surface area contributed by atoms with Crippen LogP contribution in [0.2, 0.25) is 0 Å². The number of hydrogen-bond acceptors (Lipinski definition) is 5. The van der Waals surface area contributed by atoms with Gasteiger partial charge in [-0.15, -0.1) is 0 Å². The molecule has 4 rings (SSSR count). The van der Waals surface area contributed by atoms with Crippen molar-refractivity contribution < 1.29 is 17.9 Å². The quantitative estimate of drug-likeness (QED) is 0.435. The normalized spacial score (nSPS) is 22.3. The Morgan fingerprint density at radius 3 is 2.24 bits per heavy atom. The second-order valence-electron chi connectivity index (χ2n) is 12.8. The number of ether oxygens (including phenoxy) is 1. The number of likely N-dealkylation sites (tertiary alicyclic amines) is 1. The van der Waals surface area contributed by atoms with Crippen molar-refractivity contribution in [2.75, 3.05) is 19.3 Å². The largest absolute Gasteiger partial charge is 0.459 e. The highest BCUT2D eigenvalue weighted by atomic mass is 32.2. The van der Waals surface area contributed by atoms with Crippen molar-refractivity contribution in [2.24, 2.45) is 17.3 Å². The second kappa shape index (κ2) is 11.7. The van der Waals surface area contributed by atoms with Crippen LogP contribution in [-0.4, -0.2) is 49.2 Å².